The molecular weight excluding hydrogens is 514 g/mol. The van der Waals surface area contributed by atoms with Gasteiger partial charge in [-0.25, -0.2) is 4.98 Å². The predicted octanol–water partition coefficient (Wildman–Crippen LogP) is 4.86. The number of aromatic nitrogens is 4. The van der Waals surface area contributed by atoms with Crippen LogP contribution in [0, 0.1) is 12.3 Å². The van der Waals surface area contributed by atoms with Crippen LogP contribution in [-0.4, -0.2) is 70.5 Å². The molecule has 0 aromatic carbocycles. The van der Waals surface area contributed by atoms with E-state index in [9.17, 15) is 9.90 Å². The van der Waals surface area contributed by atoms with E-state index in [0.717, 1.165) is 30.0 Å². The molecule has 2 aromatic rings. The minimum absolute atomic E-state index is 0.0422. The van der Waals surface area contributed by atoms with Crippen LogP contribution in [0.5, 0.6) is 11.9 Å². The molecule has 1 N–H and O–H groups in total. The van der Waals surface area contributed by atoms with Crippen LogP contribution in [0.1, 0.15) is 56.0 Å². The van der Waals surface area contributed by atoms with E-state index in [2.05, 4.69) is 40.8 Å². The molecule has 2 aliphatic rings. The number of pyridine rings is 1. The lowest BCUT2D eigenvalue weighted by Gasteiger charge is -2.25. The van der Waals surface area contributed by atoms with E-state index in [1.165, 1.54) is 6.42 Å². The molecule has 39 heavy (non-hydrogen) atoms. The molecule has 0 radical (unpaired) electrons. The summed E-state index contributed by atoms with van der Waals surface area (Å²) in [5, 5.41) is 14.0. The van der Waals surface area contributed by atoms with Crippen molar-refractivity contribution in [2.24, 2.45) is 10.4 Å². The molecule has 1 aliphatic heterocycles. The maximum Gasteiger partial charge on any atom is 0.317 e. The third-order valence-electron chi connectivity index (χ3n) is 7.03. The average molecular weight is 556 g/mol. The van der Waals surface area contributed by atoms with Gasteiger partial charge in [0.05, 0.1) is 12.0 Å². The van der Waals surface area contributed by atoms with E-state index in [1.807, 2.05) is 19.1 Å². The number of dihydropyridines is 1. The number of allylic oxidation sites excluding steroid dienone is 1. The smallest absolute Gasteiger partial charge is 0.317 e. The fourth-order valence-corrected chi connectivity index (χ4v) is 4.72. The van der Waals surface area contributed by atoms with Crippen LogP contribution >= 0.6 is 0 Å². The predicted molar refractivity (Wildman–Crippen MR) is 152 cm³/mol. The SMILES string of the molecule is Cc1cc(OCC(C)(C)C(=O)O)ncc1C1C=CC(c2nc(OC3CCC3)n(COCC[Si](C)(C)C)n2)=NC1. The Hall–Kier alpha value is -3.05. The van der Waals surface area contributed by atoms with Gasteiger partial charge in [0, 0.05) is 32.9 Å². The van der Waals surface area contributed by atoms with Crippen molar-refractivity contribution in [1.29, 1.82) is 0 Å². The van der Waals surface area contributed by atoms with Crippen LogP contribution in [0.25, 0.3) is 0 Å². The molecule has 1 atom stereocenters. The Kier molecular flexibility index (Phi) is 8.90. The van der Waals surface area contributed by atoms with Crippen molar-refractivity contribution in [2.75, 3.05) is 19.8 Å². The summed E-state index contributed by atoms with van der Waals surface area (Å²) in [4.78, 5) is 25.2. The maximum absolute atomic E-state index is 11.3. The van der Waals surface area contributed by atoms with Gasteiger partial charge in [0.15, 0.2) is 0 Å². The van der Waals surface area contributed by atoms with Crippen molar-refractivity contribution in [1.82, 2.24) is 19.7 Å². The molecule has 11 heteroatoms. The van der Waals surface area contributed by atoms with E-state index in [4.69, 9.17) is 19.2 Å². The highest BCUT2D eigenvalue weighted by Gasteiger charge is 2.29. The van der Waals surface area contributed by atoms with Crippen LogP contribution in [0.3, 0.4) is 0 Å². The number of aryl methyl sites for hydroxylation is 1. The Labute approximate surface area is 231 Å². The zero-order valence-corrected chi connectivity index (χ0v) is 24.9. The summed E-state index contributed by atoms with van der Waals surface area (Å²) in [5.74, 6) is 0.0960. The zero-order chi connectivity index (χ0) is 28.2. The number of carboxylic acid groups (broad SMARTS) is 1. The first-order valence-corrected chi connectivity index (χ1v) is 17.4. The minimum Gasteiger partial charge on any atom is -0.481 e. The topological polar surface area (TPSA) is 121 Å². The number of nitrogens with zero attached hydrogens (tertiary/aromatic N) is 5. The van der Waals surface area contributed by atoms with Gasteiger partial charge in [-0.2, -0.15) is 9.67 Å². The fraction of sp³-hybridized carbons (Fsp3) is 0.607. The summed E-state index contributed by atoms with van der Waals surface area (Å²) in [6, 6.07) is 3.42. The molecule has 0 saturated heterocycles. The van der Waals surface area contributed by atoms with Crippen LogP contribution in [0.2, 0.25) is 25.7 Å². The molecule has 1 saturated carbocycles. The van der Waals surface area contributed by atoms with Gasteiger partial charge in [0.1, 0.15) is 25.2 Å². The van der Waals surface area contributed by atoms with Crippen LogP contribution in [0.15, 0.2) is 29.4 Å². The Morgan fingerprint density at radius 3 is 2.62 bits per heavy atom. The number of aliphatic imine (C=N–C) groups is 1. The Bertz CT molecular complexity index is 1230. The number of carboxylic acids is 1. The maximum atomic E-state index is 11.3. The first kappa shape index (κ1) is 28.9. The standard InChI is InChI=1S/C28H41N5O5Si/c1-19-14-24(37-17-28(2,3)26(34)35)30-16-22(19)20-10-11-23(29-15-20)25-31-27(38-21-8-7-9-21)33(32-25)18-36-12-13-39(4,5)6/h10-11,14,16,20-21H,7-9,12-13,15,17-18H2,1-6H3,(H,34,35). The van der Waals surface area contributed by atoms with Crippen LogP contribution < -0.4 is 9.47 Å². The normalized spacial score (nSPS) is 18.0. The van der Waals surface area contributed by atoms with Crippen LogP contribution in [0.4, 0.5) is 0 Å². The van der Waals surface area contributed by atoms with E-state index < -0.39 is 19.5 Å². The number of carbonyl (C=O) groups is 1. The molecule has 0 bridgehead atoms. The minimum atomic E-state index is -1.17. The highest BCUT2D eigenvalue weighted by atomic mass is 28.3. The van der Waals surface area contributed by atoms with E-state index >= 15 is 0 Å². The van der Waals surface area contributed by atoms with Crippen molar-refractivity contribution >= 4 is 19.8 Å². The summed E-state index contributed by atoms with van der Waals surface area (Å²) in [5.41, 5.74) is 1.78. The van der Waals surface area contributed by atoms with Crippen molar-refractivity contribution in [3.63, 3.8) is 0 Å². The second-order valence-electron chi connectivity index (χ2n) is 12.3. The fourth-order valence-electron chi connectivity index (χ4n) is 3.96. The van der Waals surface area contributed by atoms with Gasteiger partial charge in [-0.15, -0.1) is 5.10 Å². The van der Waals surface area contributed by atoms with Gasteiger partial charge >= 0.3 is 12.0 Å². The third-order valence-corrected chi connectivity index (χ3v) is 8.74. The molecule has 1 fully saturated rings. The second-order valence-corrected chi connectivity index (χ2v) is 17.9. The van der Waals surface area contributed by atoms with Gasteiger partial charge in [0.25, 0.3) is 0 Å². The molecule has 4 rings (SSSR count). The summed E-state index contributed by atoms with van der Waals surface area (Å²) in [7, 11) is -1.17. The van der Waals surface area contributed by atoms with Gasteiger partial charge in [-0.3, -0.25) is 9.79 Å². The molecule has 0 spiro atoms. The van der Waals surface area contributed by atoms with E-state index in [0.29, 0.717) is 43.3 Å². The number of hydrogen-bond acceptors (Lipinski definition) is 8. The molecule has 212 valence electrons. The molecule has 1 unspecified atom stereocenters. The highest BCUT2D eigenvalue weighted by Crippen LogP contribution is 2.28. The molecular formula is C28H41N5O5Si. The third kappa shape index (κ3) is 7.75. The molecule has 2 aromatic heterocycles. The van der Waals surface area contributed by atoms with Crippen molar-refractivity contribution in [3.05, 3.63) is 41.4 Å². The first-order valence-electron chi connectivity index (χ1n) is 13.7. The summed E-state index contributed by atoms with van der Waals surface area (Å²) < 4.78 is 19.4. The van der Waals surface area contributed by atoms with Gasteiger partial charge < -0.3 is 19.3 Å². The molecule has 0 amide bonds. The second kappa shape index (κ2) is 12.0. The lowest BCUT2D eigenvalue weighted by atomic mass is 9.94. The van der Waals surface area contributed by atoms with E-state index in [1.54, 1.807) is 24.7 Å². The number of ether oxygens (including phenoxy) is 3. The van der Waals surface area contributed by atoms with Gasteiger partial charge in [0.2, 0.25) is 11.7 Å². The summed E-state index contributed by atoms with van der Waals surface area (Å²) in [6.07, 6.45) is 9.27. The monoisotopic (exact) mass is 555 g/mol. The van der Waals surface area contributed by atoms with Crippen molar-refractivity contribution in [3.8, 4) is 11.9 Å². The van der Waals surface area contributed by atoms with Crippen LogP contribution in [-0.2, 0) is 16.3 Å². The van der Waals surface area contributed by atoms with Gasteiger partial charge in [-0.05, 0) is 63.3 Å². The lowest BCUT2D eigenvalue weighted by molar-refractivity contribution is -0.148. The Balaban J connectivity index is 1.40. The largest absolute Gasteiger partial charge is 0.481 e. The summed E-state index contributed by atoms with van der Waals surface area (Å²) >= 11 is 0. The summed E-state index contributed by atoms with van der Waals surface area (Å²) in [6.45, 7) is 13.8. The van der Waals surface area contributed by atoms with E-state index in [-0.39, 0.29) is 18.6 Å². The number of aliphatic carboxylic acids is 1. The molecule has 3 heterocycles. The number of hydrogen-bond donors (Lipinski definition) is 1. The number of rotatable bonds is 13. The Morgan fingerprint density at radius 1 is 1.26 bits per heavy atom. The van der Waals surface area contributed by atoms with Crippen molar-refractivity contribution < 1.29 is 24.1 Å². The average Bonchev–Trinajstić information content (AvgIpc) is 3.25. The molecule has 1 aliphatic carbocycles. The molecule has 10 nitrogen and oxygen atoms in total. The highest BCUT2D eigenvalue weighted by molar-refractivity contribution is 6.76. The first-order chi connectivity index (χ1) is 18.4. The quantitative estimate of drug-likeness (QED) is 0.275. The Morgan fingerprint density at radius 2 is 2.03 bits per heavy atom. The zero-order valence-electron chi connectivity index (χ0n) is 23.9. The van der Waals surface area contributed by atoms with Gasteiger partial charge in [-0.1, -0.05) is 25.7 Å². The lowest BCUT2D eigenvalue weighted by Crippen LogP contribution is -2.30. The van der Waals surface area contributed by atoms with Crippen molar-refractivity contribution in [2.45, 2.75) is 84.5 Å².